The smallest absolute Gasteiger partial charge is 0.251 e. The summed E-state index contributed by atoms with van der Waals surface area (Å²) in [5, 5.41) is 10.5. The van der Waals surface area contributed by atoms with E-state index < -0.39 is 16.1 Å². The molecule has 7 nitrogen and oxygen atoms in total. The van der Waals surface area contributed by atoms with Gasteiger partial charge in [-0.2, -0.15) is 0 Å². The van der Waals surface area contributed by atoms with Gasteiger partial charge in [-0.25, -0.2) is 13.6 Å². The van der Waals surface area contributed by atoms with Crippen LogP contribution in [0.25, 0.3) is 0 Å². The van der Waals surface area contributed by atoms with E-state index in [2.05, 4.69) is 10.6 Å². The highest BCUT2D eigenvalue weighted by Gasteiger charge is 2.16. The number of aryl methyl sites for hydroxylation is 1. The Bertz CT molecular complexity index is 924. The lowest BCUT2D eigenvalue weighted by Gasteiger charge is -2.14. The highest BCUT2D eigenvalue weighted by molar-refractivity contribution is 7.89. The zero-order valence-electron chi connectivity index (χ0n) is 15.2. The van der Waals surface area contributed by atoms with Crippen molar-refractivity contribution in [2.45, 2.75) is 31.2 Å². The molecule has 2 aromatic rings. The number of sulfonamides is 1. The maximum atomic E-state index is 12.2. The zero-order chi connectivity index (χ0) is 20.0. The van der Waals surface area contributed by atoms with Crippen molar-refractivity contribution in [1.82, 2.24) is 10.6 Å². The van der Waals surface area contributed by atoms with E-state index >= 15 is 0 Å². The van der Waals surface area contributed by atoms with E-state index in [0.717, 1.165) is 11.1 Å². The van der Waals surface area contributed by atoms with Crippen LogP contribution in [0.3, 0.4) is 0 Å². The van der Waals surface area contributed by atoms with Gasteiger partial charge in [0.1, 0.15) is 6.04 Å². The topological polar surface area (TPSA) is 118 Å². The Morgan fingerprint density at radius 1 is 1.11 bits per heavy atom. The molecular formula is C19H23N3O4S. The first-order chi connectivity index (χ1) is 12.7. The number of benzene rings is 2. The number of carbonyl (C=O) groups excluding carboxylic acids is 2. The van der Waals surface area contributed by atoms with Crippen molar-refractivity contribution in [3.63, 3.8) is 0 Å². The van der Waals surface area contributed by atoms with Gasteiger partial charge >= 0.3 is 0 Å². The summed E-state index contributed by atoms with van der Waals surface area (Å²) in [4.78, 5) is 24.3. The molecule has 27 heavy (non-hydrogen) atoms. The molecule has 0 saturated heterocycles. The summed E-state index contributed by atoms with van der Waals surface area (Å²) < 4.78 is 22.4. The standard InChI is InChI=1S/C19H23N3O4S/c1-13-4-3-5-16(12-13)19(24)22-14(2)18(23)21-11-10-15-6-8-17(9-7-15)27(20,25)26/h3-9,12,14H,10-11H2,1-2H3,(H,21,23)(H,22,24)(H2,20,25,26)/t14-/m0/s1. The predicted octanol–water partition coefficient (Wildman–Crippen LogP) is 1.12. The third-order valence-corrected chi connectivity index (χ3v) is 4.92. The number of hydrogen-bond acceptors (Lipinski definition) is 4. The number of primary sulfonamides is 1. The summed E-state index contributed by atoms with van der Waals surface area (Å²) in [6.45, 7) is 3.87. The van der Waals surface area contributed by atoms with E-state index in [4.69, 9.17) is 5.14 Å². The maximum Gasteiger partial charge on any atom is 0.251 e. The summed E-state index contributed by atoms with van der Waals surface area (Å²) >= 11 is 0. The number of nitrogens with one attached hydrogen (secondary N) is 2. The van der Waals surface area contributed by atoms with Crippen molar-refractivity contribution in [2.75, 3.05) is 6.54 Å². The molecule has 0 fully saturated rings. The van der Waals surface area contributed by atoms with E-state index in [1.165, 1.54) is 12.1 Å². The van der Waals surface area contributed by atoms with Gasteiger partial charge in [0.2, 0.25) is 15.9 Å². The third kappa shape index (κ3) is 6.19. The number of rotatable bonds is 7. The van der Waals surface area contributed by atoms with Crippen molar-refractivity contribution in [3.05, 3.63) is 65.2 Å². The SMILES string of the molecule is Cc1cccc(C(=O)N[C@@H](C)C(=O)NCCc2ccc(S(N)(=O)=O)cc2)c1. The molecule has 8 heteroatoms. The van der Waals surface area contributed by atoms with Gasteiger partial charge in [0, 0.05) is 12.1 Å². The molecular weight excluding hydrogens is 366 g/mol. The zero-order valence-corrected chi connectivity index (χ0v) is 16.0. The van der Waals surface area contributed by atoms with Crippen LogP contribution in [0.15, 0.2) is 53.4 Å². The van der Waals surface area contributed by atoms with E-state index in [1.807, 2.05) is 13.0 Å². The molecule has 1 atom stereocenters. The van der Waals surface area contributed by atoms with Crippen LogP contribution in [0, 0.1) is 6.92 Å². The minimum atomic E-state index is -3.71. The minimum Gasteiger partial charge on any atom is -0.354 e. The fraction of sp³-hybridized carbons (Fsp3) is 0.263. The molecule has 0 spiro atoms. The molecule has 0 bridgehead atoms. The summed E-state index contributed by atoms with van der Waals surface area (Å²) in [5.74, 6) is -0.600. The lowest BCUT2D eigenvalue weighted by Crippen LogP contribution is -2.45. The molecule has 0 aliphatic rings. The van der Waals surface area contributed by atoms with Gasteiger partial charge in [-0.1, -0.05) is 29.8 Å². The van der Waals surface area contributed by atoms with Crippen LogP contribution in [-0.4, -0.2) is 32.8 Å². The molecule has 4 N–H and O–H groups in total. The quantitative estimate of drug-likeness (QED) is 0.657. The van der Waals surface area contributed by atoms with Crippen LogP contribution < -0.4 is 15.8 Å². The average Bonchev–Trinajstić information content (AvgIpc) is 2.61. The van der Waals surface area contributed by atoms with Crippen LogP contribution in [-0.2, 0) is 21.2 Å². The second kappa shape index (κ2) is 8.79. The Morgan fingerprint density at radius 3 is 2.37 bits per heavy atom. The molecule has 0 unspecified atom stereocenters. The molecule has 0 radical (unpaired) electrons. The number of hydrogen-bond donors (Lipinski definition) is 3. The fourth-order valence-electron chi connectivity index (χ4n) is 2.46. The van der Waals surface area contributed by atoms with E-state index in [-0.39, 0.29) is 16.7 Å². The van der Waals surface area contributed by atoms with Crippen molar-refractivity contribution in [1.29, 1.82) is 0 Å². The Balaban J connectivity index is 1.82. The average molecular weight is 389 g/mol. The highest BCUT2D eigenvalue weighted by atomic mass is 32.2. The number of amides is 2. The molecule has 144 valence electrons. The molecule has 0 aliphatic carbocycles. The molecule has 0 heterocycles. The summed E-state index contributed by atoms with van der Waals surface area (Å²) in [6.07, 6.45) is 0.523. The number of nitrogens with two attached hydrogens (primary N) is 1. The monoisotopic (exact) mass is 389 g/mol. The fourth-order valence-corrected chi connectivity index (χ4v) is 2.98. The first kappa shape index (κ1) is 20.6. The lowest BCUT2D eigenvalue weighted by atomic mass is 10.1. The van der Waals surface area contributed by atoms with Crippen LogP contribution in [0.5, 0.6) is 0 Å². The van der Waals surface area contributed by atoms with Gasteiger partial charge in [0.25, 0.3) is 5.91 Å². The molecule has 2 aromatic carbocycles. The third-order valence-electron chi connectivity index (χ3n) is 3.99. The minimum absolute atomic E-state index is 0.0442. The second-order valence-corrected chi connectivity index (χ2v) is 7.86. The normalized spacial score (nSPS) is 12.3. The van der Waals surface area contributed by atoms with Gasteiger partial charge in [-0.15, -0.1) is 0 Å². The van der Waals surface area contributed by atoms with Crippen LogP contribution >= 0.6 is 0 Å². The van der Waals surface area contributed by atoms with Gasteiger partial charge < -0.3 is 10.6 Å². The van der Waals surface area contributed by atoms with Crippen molar-refractivity contribution in [3.8, 4) is 0 Å². The van der Waals surface area contributed by atoms with Gasteiger partial charge in [-0.05, 0) is 50.1 Å². The van der Waals surface area contributed by atoms with Gasteiger partial charge in [0.15, 0.2) is 0 Å². The Hall–Kier alpha value is -2.71. The second-order valence-electron chi connectivity index (χ2n) is 6.29. The van der Waals surface area contributed by atoms with Crippen LogP contribution in [0.1, 0.15) is 28.4 Å². The van der Waals surface area contributed by atoms with Crippen LogP contribution in [0.4, 0.5) is 0 Å². The Morgan fingerprint density at radius 2 is 1.78 bits per heavy atom. The maximum absolute atomic E-state index is 12.2. The summed E-state index contributed by atoms with van der Waals surface area (Å²) in [6, 6.07) is 12.6. The summed E-state index contributed by atoms with van der Waals surface area (Å²) in [7, 11) is -3.71. The van der Waals surface area contributed by atoms with Crippen molar-refractivity contribution < 1.29 is 18.0 Å². The van der Waals surface area contributed by atoms with Crippen molar-refractivity contribution >= 4 is 21.8 Å². The molecule has 0 saturated carbocycles. The van der Waals surface area contributed by atoms with Crippen LogP contribution in [0.2, 0.25) is 0 Å². The molecule has 2 rings (SSSR count). The van der Waals surface area contributed by atoms with E-state index in [1.54, 1.807) is 37.3 Å². The molecule has 2 amide bonds. The van der Waals surface area contributed by atoms with Gasteiger partial charge in [-0.3, -0.25) is 9.59 Å². The first-order valence-electron chi connectivity index (χ1n) is 8.44. The van der Waals surface area contributed by atoms with E-state index in [0.29, 0.717) is 18.5 Å². The Labute approximate surface area is 159 Å². The lowest BCUT2D eigenvalue weighted by molar-refractivity contribution is -0.122. The van der Waals surface area contributed by atoms with E-state index in [9.17, 15) is 18.0 Å². The predicted molar refractivity (Wildman–Crippen MR) is 103 cm³/mol. The van der Waals surface area contributed by atoms with Gasteiger partial charge in [0.05, 0.1) is 4.90 Å². The highest BCUT2D eigenvalue weighted by Crippen LogP contribution is 2.09. The largest absolute Gasteiger partial charge is 0.354 e. The Kier molecular flexibility index (Phi) is 6.70. The first-order valence-corrected chi connectivity index (χ1v) is 9.98. The molecule has 0 aromatic heterocycles. The number of carbonyl (C=O) groups is 2. The summed E-state index contributed by atoms with van der Waals surface area (Å²) in [5.41, 5.74) is 2.33. The molecule has 0 aliphatic heterocycles. The van der Waals surface area contributed by atoms with Crippen molar-refractivity contribution in [2.24, 2.45) is 5.14 Å².